The van der Waals surface area contributed by atoms with E-state index < -0.39 is 0 Å². The van der Waals surface area contributed by atoms with E-state index in [9.17, 15) is 4.79 Å². The minimum Gasteiger partial charge on any atom is -0.379 e. The molecule has 0 aliphatic carbocycles. The first-order chi connectivity index (χ1) is 8.29. The van der Waals surface area contributed by atoms with Crippen molar-refractivity contribution in [1.82, 2.24) is 15.3 Å². The maximum absolute atomic E-state index is 11.4. The maximum Gasteiger partial charge on any atom is 0.269 e. The van der Waals surface area contributed by atoms with Crippen LogP contribution < -0.4 is 10.7 Å². The third kappa shape index (κ3) is 3.15. The Balaban J connectivity index is 2.02. The molecule has 0 saturated carbocycles. The van der Waals surface area contributed by atoms with Crippen LogP contribution in [0.25, 0.3) is 0 Å². The first-order valence-corrected chi connectivity index (χ1v) is 5.57. The molecule has 1 aromatic rings. The highest BCUT2D eigenvalue weighted by Gasteiger charge is 2.11. The number of carbonyl (C=O) groups excluding carboxylic acids is 1. The molecule has 1 aromatic heterocycles. The smallest absolute Gasteiger partial charge is 0.269 e. The minimum absolute atomic E-state index is 0.185. The van der Waals surface area contributed by atoms with Crippen molar-refractivity contribution in [2.24, 2.45) is 0 Å². The third-order valence-electron chi connectivity index (χ3n) is 2.52. The zero-order chi connectivity index (χ0) is 12.1. The number of amides is 1. The quantitative estimate of drug-likeness (QED) is 0.779. The fourth-order valence-corrected chi connectivity index (χ4v) is 1.61. The number of hydrogen-bond acceptors (Lipinski definition) is 5. The van der Waals surface area contributed by atoms with Gasteiger partial charge in [-0.25, -0.2) is 5.01 Å². The van der Waals surface area contributed by atoms with Gasteiger partial charge in [0.1, 0.15) is 5.69 Å². The lowest BCUT2D eigenvalue weighted by Gasteiger charge is -2.27. The number of aromatic nitrogens is 1. The maximum atomic E-state index is 11.4. The Kier molecular flexibility index (Phi) is 3.89. The van der Waals surface area contributed by atoms with Crippen LogP contribution in [0.1, 0.15) is 10.5 Å². The van der Waals surface area contributed by atoms with Crippen molar-refractivity contribution in [2.75, 3.05) is 38.8 Å². The molecule has 1 amide bonds. The van der Waals surface area contributed by atoms with Crippen LogP contribution in [0.15, 0.2) is 18.3 Å². The molecule has 0 aromatic carbocycles. The molecule has 0 bridgehead atoms. The molecule has 2 rings (SSSR count). The minimum atomic E-state index is -0.185. The van der Waals surface area contributed by atoms with E-state index in [1.807, 2.05) is 6.07 Å². The second-order valence-corrected chi connectivity index (χ2v) is 3.72. The molecule has 92 valence electrons. The average Bonchev–Trinajstić information content (AvgIpc) is 2.39. The van der Waals surface area contributed by atoms with Gasteiger partial charge >= 0.3 is 0 Å². The lowest BCUT2D eigenvalue weighted by atomic mass is 10.3. The molecule has 0 unspecified atom stereocenters. The Hall–Kier alpha value is -1.66. The van der Waals surface area contributed by atoms with E-state index >= 15 is 0 Å². The summed E-state index contributed by atoms with van der Waals surface area (Å²) in [4.78, 5) is 15.4. The van der Waals surface area contributed by atoms with E-state index in [-0.39, 0.29) is 5.91 Å². The number of rotatable bonds is 3. The highest BCUT2D eigenvalue weighted by Crippen LogP contribution is 2.10. The average molecular weight is 236 g/mol. The summed E-state index contributed by atoms with van der Waals surface area (Å²) in [6.07, 6.45) is 1.62. The molecule has 1 aliphatic rings. The number of ether oxygens (including phenoxy) is 1. The predicted octanol–water partition coefficient (Wildman–Crippen LogP) is 0.100. The molecule has 6 heteroatoms. The van der Waals surface area contributed by atoms with Crippen LogP contribution in [-0.2, 0) is 4.74 Å². The molecule has 17 heavy (non-hydrogen) atoms. The normalized spacial score (nSPS) is 16.5. The number of hydrazine groups is 1. The van der Waals surface area contributed by atoms with Gasteiger partial charge in [0, 0.05) is 26.3 Å². The fraction of sp³-hybridized carbons (Fsp3) is 0.455. The Bertz CT molecular complexity index is 391. The standard InChI is InChI=1S/C11H16N4O2/c1-12-11(16)10-8-9(2-3-13-10)14-15-4-6-17-7-5-15/h2-3,8H,4-7H2,1H3,(H,12,16)(H,13,14). The molecule has 1 aliphatic heterocycles. The number of morpholine rings is 1. The monoisotopic (exact) mass is 236 g/mol. The molecule has 6 nitrogen and oxygen atoms in total. The largest absolute Gasteiger partial charge is 0.379 e. The number of nitrogens with one attached hydrogen (secondary N) is 2. The van der Waals surface area contributed by atoms with Gasteiger partial charge in [-0.2, -0.15) is 0 Å². The molecular weight excluding hydrogens is 220 g/mol. The second kappa shape index (κ2) is 5.60. The summed E-state index contributed by atoms with van der Waals surface area (Å²) in [5, 5.41) is 4.61. The number of nitrogens with zero attached hydrogens (tertiary/aromatic N) is 2. The van der Waals surface area contributed by atoms with Crippen molar-refractivity contribution in [3.8, 4) is 0 Å². The molecule has 1 saturated heterocycles. The van der Waals surface area contributed by atoms with Crippen molar-refractivity contribution in [3.63, 3.8) is 0 Å². The Morgan fingerprint density at radius 3 is 2.94 bits per heavy atom. The summed E-state index contributed by atoms with van der Waals surface area (Å²) in [6.45, 7) is 3.11. The first kappa shape index (κ1) is 11.8. The molecule has 0 spiro atoms. The van der Waals surface area contributed by atoms with Gasteiger partial charge in [-0.15, -0.1) is 0 Å². The third-order valence-corrected chi connectivity index (χ3v) is 2.52. The van der Waals surface area contributed by atoms with Crippen LogP contribution in [0.2, 0.25) is 0 Å². The molecular formula is C11H16N4O2. The van der Waals surface area contributed by atoms with Crippen molar-refractivity contribution >= 4 is 11.6 Å². The zero-order valence-corrected chi connectivity index (χ0v) is 9.77. The van der Waals surface area contributed by atoms with E-state index in [1.165, 1.54) is 0 Å². The topological polar surface area (TPSA) is 66.5 Å². The van der Waals surface area contributed by atoms with Crippen LogP contribution in [0.5, 0.6) is 0 Å². The van der Waals surface area contributed by atoms with Crippen LogP contribution in [-0.4, -0.2) is 49.3 Å². The molecule has 2 N–H and O–H groups in total. The fourth-order valence-electron chi connectivity index (χ4n) is 1.61. The molecule has 0 atom stereocenters. The molecule has 1 fully saturated rings. The first-order valence-electron chi connectivity index (χ1n) is 5.57. The van der Waals surface area contributed by atoms with Gasteiger partial charge in [-0.05, 0) is 12.1 Å². The van der Waals surface area contributed by atoms with Gasteiger partial charge < -0.3 is 15.5 Å². The van der Waals surface area contributed by atoms with Crippen LogP contribution in [0, 0.1) is 0 Å². The van der Waals surface area contributed by atoms with Gasteiger partial charge in [-0.3, -0.25) is 9.78 Å². The van der Waals surface area contributed by atoms with Gasteiger partial charge in [0.25, 0.3) is 5.91 Å². The van der Waals surface area contributed by atoms with Gasteiger partial charge in [0.2, 0.25) is 0 Å². The number of anilines is 1. The van der Waals surface area contributed by atoms with Gasteiger partial charge in [0.15, 0.2) is 0 Å². The van der Waals surface area contributed by atoms with E-state index in [4.69, 9.17) is 4.74 Å². The van der Waals surface area contributed by atoms with Crippen molar-refractivity contribution in [3.05, 3.63) is 24.0 Å². The highest BCUT2D eigenvalue weighted by molar-refractivity contribution is 5.92. The van der Waals surface area contributed by atoms with Crippen LogP contribution >= 0.6 is 0 Å². The zero-order valence-electron chi connectivity index (χ0n) is 9.77. The van der Waals surface area contributed by atoms with E-state index in [0.717, 1.165) is 32.0 Å². The van der Waals surface area contributed by atoms with Crippen molar-refractivity contribution in [1.29, 1.82) is 0 Å². The lowest BCUT2D eigenvalue weighted by Crippen LogP contribution is -2.40. The Morgan fingerprint density at radius 2 is 2.24 bits per heavy atom. The summed E-state index contributed by atoms with van der Waals surface area (Å²) >= 11 is 0. The highest BCUT2D eigenvalue weighted by atomic mass is 16.5. The molecule has 2 heterocycles. The van der Waals surface area contributed by atoms with Crippen LogP contribution in [0.3, 0.4) is 0 Å². The van der Waals surface area contributed by atoms with Crippen molar-refractivity contribution < 1.29 is 9.53 Å². The summed E-state index contributed by atoms with van der Waals surface area (Å²) in [7, 11) is 1.59. The number of hydrogen-bond donors (Lipinski definition) is 2. The van der Waals surface area contributed by atoms with Gasteiger partial charge in [-0.1, -0.05) is 0 Å². The second-order valence-electron chi connectivity index (χ2n) is 3.72. The summed E-state index contributed by atoms with van der Waals surface area (Å²) in [5.41, 5.74) is 4.50. The van der Waals surface area contributed by atoms with Crippen molar-refractivity contribution in [2.45, 2.75) is 0 Å². The lowest BCUT2D eigenvalue weighted by molar-refractivity contribution is 0.0497. The van der Waals surface area contributed by atoms with Gasteiger partial charge in [0.05, 0.1) is 18.9 Å². The van der Waals surface area contributed by atoms with E-state index in [1.54, 1.807) is 19.3 Å². The predicted molar refractivity (Wildman–Crippen MR) is 63.6 cm³/mol. The Morgan fingerprint density at radius 1 is 1.47 bits per heavy atom. The SMILES string of the molecule is CNC(=O)c1cc(NN2CCOCC2)ccn1. The number of pyridine rings is 1. The van der Waals surface area contributed by atoms with Crippen LogP contribution in [0.4, 0.5) is 5.69 Å². The summed E-state index contributed by atoms with van der Waals surface area (Å²) in [6, 6.07) is 3.57. The molecule has 0 radical (unpaired) electrons. The Labute approximate surface area is 99.9 Å². The number of carbonyl (C=O) groups is 1. The summed E-state index contributed by atoms with van der Waals surface area (Å²) < 4.78 is 5.26. The summed E-state index contributed by atoms with van der Waals surface area (Å²) in [5.74, 6) is -0.185. The van der Waals surface area contributed by atoms with E-state index in [0.29, 0.717) is 5.69 Å². The van der Waals surface area contributed by atoms with E-state index in [2.05, 4.69) is 20.7 Å².